The van der Waals surface area contributed by atoms with E-state index in [2.05, 4.69) is 24.1 Å². The lowest BCUT2D eigenvalue weighted by Crippen LogP contribution is -2.17. The number of aromatic nitrogens is 1. The van der Waals surface area contributed by atoms with Gasteiger partial charge in [-0.1, -0.05) is 6.92 Å². The van der Waals surface area contributed by atoms with Gasteiger partial charge in [0.25, 0.3) is 0 Å². The summed E-state index contributed by atoms with van der Waals surface area (Å²) in [6.07, 6.45) is 1.12. The van der Waals surface area contributed by atoms with E-state index in [0.717, 1.165) is 18.0 Å². The molecule has 0 spiro atoms. The predicted octanol–water partition coefficient (Wildman–Crippen LogP) is 3.01. The molecule has 5 heteroatoms. The van der Waals surface area contributed by atoms with E-state index in [1.165, 1.54) is 5.75 Å². The highest BCUT2D eigenvalue weighted by Crippen LogP contribution is 2.21. The molecule has 0 bridgehead atoms. The van der Waals surface area contributed by atoms with Gasteiger partial charge in [0.15, 0.2) is 0 Å². The monoisotopic (exact) mass is 269 g/mol. The van der Waals surface area contributed by atoms with Crippen LogP contribution in [0.1, 0.15) is 27.2 Å². The molecule has 0 radical (unpaired) electrons. The first-order valence-electron chi connectivity index (χ1n) is 6.41. The third kappa shape index (κ3) is 5.04. The van der Waals surface area contributed by atoms with Crippen molar-refractivity contribution in [3.8, 4) is 5.88 Å². The number of thioether (sulfide) groups is 1. The molecule has 0 aliphatic rings. The number of hydrogen-bond donors (Lipinski definition) is 2. The molecule has 1 heterocycles. The van der Waals surface area contributed by atoms with E-state index in [1.54, 1.807) is 0 Å². The zero-order chi connectivity index (χ0) is 13.4. The second-order valence-corrected chi connectivity index (χ2v) is 5.45. The molecule has 102 valence electrons. The fourth-order valence-corrected chi connectivity index (χ4v) is 2.32. The fourth-order valence-electron chi connectivity index (χ4n) is 1.51. The number of hydrogen-bond acceptors (Lipinski definition) is 5. The van der Waals surface area contributed by atoms with E-state index in [1.807, 2.05) is 30.8 Å². The molecule has 18 heavy (non-hydrogen) atoms. The van der Waals surface area contributed by atoms with Gasteiger partial charge < -0.3 is 15.8 Å². The van der Waals surface area contributed by atoms with Crippen LogP contribution in [0.2, 0.25) is 0 Å². The zero-order valence-corrected chi connectivity index (χ0v) is 12.2. The largest absolute Gasteiger partial charge is 0.476 e. The van der Waals surface area contributed by atoms with Crippen LogP contribution in [0.3, 0.4) is 0 Å². The normalized spacial score (nSPS) is 12.2. The SMILES string of the molecule is CCOc1nc(NC(C)CCSCC)ccc1N. The second-order valence-electron chi connectivity index (χ2n) is 4.05. The van der Waals surface area contributed by atoms with Crippen LogP contribution in [0.5, 0.6) is 5.88 Å². The third-order valence-corrected chi connectivity index (χ3v) is 3.40. The number of rotatable bonds is 8. The van der Waals surface area contributed by atoms with Crippen molar-refractivity contribution in [2.24, 2.45) is 0 Å². The van der Waals surface area contributed by atoms with Crippen LogP contribution in [0.15, 0.2) is 12.1 Å². The van der Waals surface area contributed by atoms with Gasteiger partial charge in [-0.15, -0.1) is 0 Å². The number of nitrogens with two attached hydrogens (primary N) is 1. The van der Waals surface area contributed by atoms with Gasteiger partial charge in [-0.3, -0.25) is 0 Å². The number of nitrogens with zero attached hydrogens (tertiary/aromatic N) is 1. The Hall–Kier alpha value is -1.10. The van der Waals surface area contributed by atoms with E-state index < -0.39 is 0 Å². The number of anilines is 2. The first-order valence-corrected chi connectivity index (χ1v) is 7.56. The molecule has 0 saturated carbocycles. The fraction of sp³-hybridized carbons (Fsp3) is 0.615. The van der Waals surface area contributed by atoms with Crippen LogP contribution in [0.25, 0.3) is 0 Å². The van der Waals surface area contributed by atoms with Crippen molar-refractivity contribution in [3.05, 3.63) is 12.1 Å². The van der Waals surface area contributed by atoms with Gasteiger partial charge in [-0.2, -0.15) is 16.7 Å². The number of nitrogens with one attached hydrogen (secondary N) is 1. The summed E-state index contributed by atoms with van der Waals surface area (Å²) >= 11 is 1.96. The lowest BCUT2D eigenvalue weighted by Gasteiger charge is -2.15. The molecule has 0 aliphatic heterocycles. The Morgan fingerprint density at radius 2 is 2.22 bits per heavy atom. The number of ether oxygens (including phenoxy) is 1. The summed E-state index contributed by atoms with van der Waals surface area (Å²) in [5.74, 6) is 3.67. The van der Waals surface area contributed by atoms with Crippen LogP contribution in [0, 0.1) is 0 Å². The molecule has 4 nitrogen and oxygen atoms in total. The average molecular weight is 269 g/mol. The van der Waals surface area contributed by atoms with Crippen LogP contribution in [-0.2, 0) is 0 Å². The van der Waals surface area contributed by atoms with Crippen molar-refractivity contribution in [2.45, 2.75) is 33.2 Å². The Balaban J connectivity index is 2.53. The van der Waals surface area contributed by atoms with E-state index in [9.17, 15) is 0 Å². The highest BCUT2D eigenvalue weighted by Gasteiger charge is 2.06. The molecule has 0 aromatic carbocycles. The van der Waals surface area contributed by atoms with Gasteiger partial charge in [0.1, 0.15) is 5.82 Å². The molecule has 1 aromatic rings. The summed E-state index contributed by atoms with van der Waals surface area (Å²) in [5.41, 5.74) is 6.37. The van der Waals surface area contributed by atoms with Gasteiger partial charge in [0.2, 0.25) is 5.88 Å². The van der Waals surface area contributed by atoms with E-state index in [-0.39, 0.29) is 0 Å². The maximum atomic E-state index is 5.79. The molecule has 1 atom stereocenters. The van der Waals surface area contributed by atoms with Gasteiger partial charge in [0, 0.05) is 6.04 Å². The van der Waals surface area contributed by atoms with E-state index in [0.29, 0.717) is 24.2 Å². The molecule has 1 aromatic heterocycles. The molecule has 0 aliphatic carbocycles. The Bertz CT molecular complexity index is 360. The molecular formula is C13H23N3OS. The molecular weight excluding hydrogens is 246 g/mol. The second kappa shape index (κ2) is 8.08. The maximum absolute atomic E-state index is 5.79. The summed E-state index contributed by atoms with van der Waals surface area (Å²) in [6.45, 7) is 6.84. The molecule has 1 rings (SSSR count). The summed E-state index contributed by atoms with van der Waals surface area (Å²) in [6, 6.07) is 4.12. The minimum Gasteiger partial charge on any atom is -0.476 e. The van der Waals surface area contributed by atoms with Crippen LogP contribution < -0.4 is 15.8 Å². The standard InChI is InChI=1S/C13H23N3OS/c1-4-17-13-11(14)6-7-12(16-13)15-10(3)8-9-18-5-2/h6-7,10H,4-5,8-9,14H2,1-3H3,(H,15,16). The van der Waals surface area contributed by atoms with Gasteiger partial charge in [-0.05, 0) is 43.9 Å². The minimum atomic E-state index is 0.398. The van der Waals surface area contributed by atoms with Crippen LogP contribution in [0.4, 0.5) is 11.5 Å². The molecule has 1 unspecified atom stereocenters. The maximum Gasteiger partial charge on any atom is 0.239 e. The average Bonchev–Trinajstić information content (AvgIpc) is 2.34. The third-order valence-electron chi connectivity index (χ3n) is 2.46. The molecule has 0 saturated heterocycles. The Morgan fingerprint density at radius 1 is 1.44 bits per heavy atom. The summed E-state index contributed by atoms with van der Waals surface area (Å²) < 4.78 is 5.38. The minimum absolute atomic E-state index is 0.398. The number of nitrogen functional groups attached to an aromatic ring is 1. The Labute approximate surface area is 114 Å². The van der Waals surface area contributed by atoms with Crippen LogP contribution in [-0.4, -0.2) is 29.1 Å². The molecule has 3 N–H and O–H groups in total. The molecule has 0 amide bonds. The summed E-state index contributed by atoms with van der Waals surface area (Å²) in [4.78, 5) is 4.37. The van der Waals surface area contributed by atoms with E-state index in [4.69, 9.17) is 10.5 Å². The number of pyridine rings is 1. The van der Waals surface area contributed by atoms with Crippen molar-refractivity contribution in [1.82, 2.24) is 4.98 Å². The van der Waals surface area contributed by atoms with Gasteiger partial charge >= 0.3 is 0 Å². The zero-order valence-electron chi connectivity index (χ0n) is 11.4. The topological polar surface area (TPSA) is 60.2 Å². The Kier molecular flexibility index (Phi) is 6.72. The van der Waals surface area contributed by atoms with Crippen molar-refractivity contribution in [1.29, 1.82) is 0 Å². The van der Waals surface area contributed by atoms with E-state index >= 15 is 0 Å². The highest BCUT2D eigenvalue weighted by atomic mass is 32.2. The lowest BCUT2D eigenvalue weighted by atomic mass is 10.2. The lowest BCUT2D eigenvalue weighted by molar-refractivity contribution is 0.329. The highest BCUT2D eigenvalue weighted by molar-refractivity contribution is 7.99. The summed E-state index contributed by atoms with van der Waals surface area (Å²) in [7, 11) is 0. The predicted molar refractivity (Wildman–Crippen MR) is 80.5 cm³/mol. The Morgan fingerprint density at radius 3 is 2.89 bits per heavy atom. The van der Waals surface area contributed by atoms with Crippen molar-refractivity contribution < 1.29 is 4.74 Å². The van der Waals surface area contributed by atoms with Gasteiger partial charge in [0.05, 0.1) is 12.3 Å². The smallest absolute Gasteiger partial charge is 0.239 e. The summed E-state index contributed by atoms with van der Waals surface area (Å²) in [5, 5.41) is 3.37. The van der Waals surface area contributed by atoms with Crippen molar-refractivity contribution in [3.63, 3.8) is 0 Å². The quantitative estimate of drug-likeness (QED) is 0.710. The van der Waals surface area contributed by atoms with Crippen LogP contribution >= 0.6 is 11.8 Å². The van der Waals surface area contributed by atoms with Crippen molar-refractivity contribution >= 4 is 23.3 Å². The van der Waals surface area contributed by atoms with Crippen molar-refractivity contribution in [2.75, 3.05) is 29.2 Å². The molecule has 0 fully saturated rings. The first-order chi connectivity index (χ1) is 8.67. The first kappa shape index (κ1) is 15.0. The van der Waals surface area contributed by atoms with Gasteiger partial charge in [-0.25, -0.2) is 0 Å².